The number of rotatable bonds is 7. The number of carbonyl (C=O) groups is 2. The van der Waals surface area contributed by atoms with Crippen molar-refractivity contribution in [3.05, 3.63) is 23.8 Å². The zero-order valence-electron chi connectivity index (χ0n) is 12.2. The Labute approximate surface area is 123 Å². The number of methoxy groups -OCH3 is 2. The Morgan fingerprint density at radius 3 is 2.43 bits per heavy atom. The second-order valence-corrected chi connectivity index (χ2v) is 5.09. The number of aliphatic carboxylic acids is 1. The van der Waals surface area contributed by atoms with E-state index >= 15 is 0 Å². The Balaban J connectivity index is 2.20. The van der Waals surface area contributed by atoms with Gasteiger partial charge in [-0.1, -0.05) is 0 Å². The molecular formula is C15H19NO5. The van der Waals surface area contributed by atoms with Crippen LogP contribution in [0.25, 0.3) is 0 Å². The predicted octanol–water partition coefficient (Wildman–Crippen LogP) is 1.64. The van der Waals surface area contributed by atoms with E-state index < -0.39 is 5.97 Å². The van der Waals surface area contributed by atoms with E-state index in [2.05, 4.69) is 0 Å². The van der Waals surface area contributed by atoms with Gasteiger partial charge in [0, 0.05) is 12.1 Å². The lowest BCUT2D eigenvalue weighted by Crippen LogP contribution is -2.37. The summed E-state index contributed by atoms with van der Waals surface area (Å²) in [5.41, 5.74) is 0.398. The molecular weight excluding hydrogens is 274 g/mol. The first-order valence-electron chi connectivity index (χ1n) is 6.78. The highest BCUT2D eigenvalue weighted by Crippen LogP contribution is 2.31. The van der Waals surface area contributed by atoms with E-state index in [0.717, 1.165) is 12.8 Å². The molecule has 1 saturated carbocycles. The molecule has 0 unspecified atom stereocenters. The molecule has 0 aromatic heterocycles. The fraction of sp³-hybridized carbons (Fsp3) is 0.467. The molecule has 0 saturated heterocycles. The second-order valence-electron chi connectivity index (χ2n) is 5.09. The standard InChI is InChI=1S/C15H19NO5/c1-20-12-6-5-11(7-13(12)21-2)15(19)16(9-14(17)18)8-10-3-4-10/h5-7,10H,3-4,8-9H2,1-2H3,(H,17,18). The monoisotopic (exact) mass is 293 g/mol. The predicted molar refractivity (Wildman–Crippen MR) is 75.8 cm³/mol. The molecule has 0 atom stereocenters. The number of carboxylic acid groups (broad SMARTS) is 1. The van der Waals surface area contributed by atoms with E-state index in [0.29, 0.717) is 29.5 Å². The lowest BCUT2D eigenvalue weighted by Gasteiger charge is -2.21. The minimum Gasteiger partial charge on any atom is -0.493 e. The third-order valence-electron chi connectivity index (χ3n) is 3.42. The van der Waals surface area contributed by atoms with Crippen LogP contribution in [0, 0.1) is 5.92 Å². The molecule has 1 N–H and O–H groups in total. The molecule has 1 amide bonds. The number of hydrogen-bond donors (Lipinski definition) is 1. The van der Waals surface area contributed by atoms with Gasteiger partial charge in [-0.15, -0.1) is 0 Å². The van der Waals surface area contributed by atoms with Gasteiger partial charge in [-0.25, -0.2) is 0 Å². The Morgan fingerprint density at radius 2 is 1.90 bits per heavy atom. The van der Waals surface area contributed by atoms with E-state index in [-0.39, 0.29) is 12.5 Å². The average molecular weight is 293 g/mol. The summed E-state index contributed by atoms with van der Waals surface area (Å²) in [5, 5.41) is 8.96. The van der Waals surface area contributed by atoms with Crippen molar-refractivity contribution in [1.29, 1.82) is 0 Å². The number of hydrogen-bond acceptors (Lipinski definition) is 4. The van der Waals surface area contributed by atoms with Crippen LogP contribution >= 0.6 is 0 Å². The molecule has 21 heavy (non-hydrogen) atoms. The number of carboxylic acids is 1. The van der Waals surface area contributed by atoms with Gasteiger partial charge in [-0.05, 0) is 37.0 Å². The molecule has 1 aromatic rings. The maximum atomic E-state index is 12.5. The van der Waals surface area contributed by atoms with E-state index in [1.807, 2.05) is 0 Å². The summed E-state index contributed by atoms with van der Waals surface area (Å²) in [6.45, 7) is 0.198. The highest BCUT2D eigenvalue weighted by Gasteiger charge is 2.28. The van der Waals surface area contributed by atoms with Crippen molar-refractivity contribution in [1.82, 2.24) is 4.90 Å². The molecule has 1 fully saturated rings. The van der Waals surface area contributed by atoms with Crippen LogP contribution in [0.4, 0.5) is 0 Å². The minimum absolute atomic E-state index is 0.288. The fourth-order valence-corrected chi connectivity index (χ4v) is 2.15. The van der Waals surface area contributed by atoms with Crippen molar-refractivity contribution in [3.63, 3.8) is 0 Å². The Hall–Kier alpha value is -2.24. The van der Waals surface area contributed by atoms with Gasteiger partial charge >= 0.3 is 5.97 Å². The molecule has 1 aliphatic rings. The fourth-order valence-electron chi connectivity index (χ4n) is 2.15. The summed E-state index contributed by atoms with van der Waals surface area (Å²) >= 11 is 0. The molecule has 1 aromatic carbocycles. The summed E-state index contributed by atoms with van der Waals surface area (Å²) in [5.74, 6) is 0.0919. The van der Waals surface area contributed by atoms with E-state index in [9.17, 15) is 9.59 Å². The van der Waals surface area contributed by atoms with Crippen LogP contribution < -0.4 is 9.47 Å². The quantitative estimate of drug-likeness (QED) is 0.827. The Morgan fingerprint density at radius 1 is 1.24 bits per heavy atom. The second kappa shape index (κ2) is 6.47. The maximum Gasteiger partial charge on any atom is 0.323 e. The van der Waals surface area contributed by atoms with Crippen molar-refractivity contribution < 1.29 is 24.2 Å². The maximum absolute atomic E-state index is 12.5. The SMILES string of the molecule is COc1ccc(C(=O)N(CC(=O)O)CC2CC2)cc1OC. The first-order valence-corrected chi connectivity index (χ1v) is 6.78. The zero-order valence-corrected chi connectivity index (χ0v) is 12.2. The molecule has 0 radical (unpaired) electrons. The summed E-state index contributed by atoms with van der Waals surface area (Å²) in [4.78, 5) is 24.8. The number of nitrogens with zero attached hydrogens (tertiary/aromatic N) is 1. The van der Waals surface area contributed by atoms with Gasteiger partial charge in [0.05, 0.1) is 14.2 Å². The third-order valence-corrected chi connectivity index (χ3v) is 3.42. The smallest absolute Gasteiger partial charge is 0.323 e. The Kier molecular flexibility index (Phi) is 4.67. The molecule has 6 heteroatoms. The van der Waals surface area contributed by atoms with Gasteiger partial charge < -0.3 is 19.5 Å². The first kappa shape index (κ1) is 15.2. The van der Waals surface area contributed by atoms with Gasteiger partial charge in [-0.3, -0.25) is 9.59 Å². The van der Waals surface area contributed by atoms with E-state index in [1.165, 1.54) is 19.1 Å². The number of carbonyl (C=O) groups excluding carboxylic acids is 1. The number of ether oxygens (including phenoxy) is 2. The van der Waals surface area contributed by atoms with Crippen LogP contribution in [0.3, 0.4) is 0 Å². The van der Waals surface area contributed by atoms with Crippen molar-refractivity contribution in [2.75, 3.05) is 27.3 Å². The van der Waals surface area contributed by atoms with Gasteiger partial charge in [-0.2, -0.15) is 0 Å². The lowest BCUT2D eigenvalue weighted by atomic mass is 10.1. The molecule has 114 valence electrons. The lowest BCUT2D eigenvalue weighted by molar-refractivity contribution is -0.137. The average Bonchev–Trinajstić information content (AvgIpc) is 3.28. The summed E-state index contributed by atoms with van der Waals surface area (Å²) in [7, 11) is 3.01. The topological polar surface area (TPSA) is 76.1 Å². The van der Waals surface area contributed by atoms with Gasteiger partial charge in [0.2, 0.25) is 0 Å². The molecule has 0 aliphatic heterocycles. The van der Waals surface area contributed by atoms with Crippen molar-refractivity contribution in [3.8, 4) is 11.5 Å². The van der Waals surface area contributed by atoms with Crippen LogP contribution in [0.1, 0.15) is 23.2 Å². The largest absolute Gasteiger partial charge is 0.493 e. The number of benzene rings is 1. The Bertz CT molecular complexity index is 539. The van der Waals surface area contributed by atoms with Crippen LogP contribution in [-0.2, 0) is 4.79 Å². The van der Waals surface area contributed by atoms with E-state index in [4.69, 9.17) is 14.6 Å². The van der Waals surface area contributed by atoms with Crippen LogP contribution in [0.2, 0.25) is 0 Å². The summed E-state index contributed by atoms with van der Waals surface area (Å²) in [6.07, 6.45) is 2.10. The van der Waals surface area contributed by atoms with E-state index in [1.54, 1.807) is 18.2 Å². The highest BCUT2D eigenvalue weighted by atomic mass is 16.5. The van der Waals surface area contributed by atoms with Crippen LogP contribution in [0.15, 0.2) is 18.2 Å². The highest BCUT2D eigenvalue weighted by molar-refractivity contribution is 5.96. The van der Waals surface area contributed by atoms with Crippen molar-refractivity contribution in [2.24, 2.45) is 5.92 Å². The van der Waals surface area contributed by atoms with Crippen molar-refractivity contribution >= 4 is 11.9 Å². The van der Waals surface area contributed by atoms with Gasteiger partial charge in [0.1, 0.15) is 6.54 Å². The molecule has 0 bridgehead atoms. The summed E-state index contributed by atoms with van der Waals surface area (Å²) in [6, 6.07) is 4.83. The van der Waals surface area contributed by atoms with Crippen LogP contribution in [0.5, 0.6) is 11.5 Å². The van der Waals surface area contributed by atoms with Crippen molar-refractivity contribution in [2.45, 2.75) is 12.8 Å². The molecule has 6 nitrogen and oxygen atoms in total. The molecule has 0 heterocycles. The van der Waals surface area contributed by atoms with Gasteiger partial charge in [0.25, 0.3) is 5.91 Å². The number of amides is 1. The first-order chi connectivity index (χ1) is 10.0. The zero-order chi connectivity index (χ0) is 15.4. The molecule has 0 spiro atoms. The molecule has 2 rings (SSSR count). The summed E-state index contributed by atoms with van der Waals surface area (Å²) < 4.78 is 10.3. The minimum atomic E-state index is -1.01. The third kappa shape index (κ3) is 3.87. The van der Waals surface area contributed by atoms with Gasteiger partial charge in [0.15, 0.2) is 11.5 Å². The normalized spacial score (nSPS) is 13.6. The molecule has 1 aliphatic carbocycles. The van der Waals surface area contributed by atoms with Crippen LogP contribution in [-0.4, -0.2) is 49.2 Å².